The molecule has 0 amide bonds. The predicted octanol–water partition coefficient (Wildman–Crippen LogP) is 7.99. The van der Waals surface area contributed by atoms with Gasteiger partial charge in [0.1, 0.15) is 11.5 Å². The van der Waals surface area contributed by atoms with Crippen LogP contribution < -0.4 is 4.74 Å². The lowest BCUT2D eigenvalue weighted by atomic mass is 9.83. The average Bonchev–Trinajstić information content (AvgIpc) is 2.90. The van der Waals surface area contributed by atoms with Crippen LogP contribution in [0.1, 0.15) is 97.1 Å². The molecule has 0 N–H and O–H groups in total. The number of allylic oxidation sites excluding steroid dienone is 4. The van der Waals surface area contributed by atoms with Gasteiger partial charge in [-0.15, -0.1) is 0 Å². The van der Waals surface area contributed by atoms with E-state index in [1.165, 1.54) is 19.3 Å². The molecule has 36 heavy (non-hydrogen) atoms. The maximum Gasteiger partial charge on any atom is 0.194 e. The second-order valence-electron chi connectivity index (χ2n) is 9.41. The van der Waals surface area contributed by atoms with Crippen molar-refractivity contribution in [3.05, 3.63) is 88.0 Å². The lowest BCUT2D eigenvalue weighted by molar-refractivity contribution is 0.100. The zero-order valence-corrected chi connectivity index (χ0v) is 21.5. The number of fused-ring (bicyclic) bond motifs is 2. The molecule has 0 heterocycles. The monoisotopic (exact) mass is 484 g/mol. The quantitative estimate of drug-likeness (QED) is 0.226. The summed E-state index contributed by atoms with van der Waals surface area (Å²) in [7, 11) is 0. The number of unbranched alkanes of at least 4 members (excludes halogenated alkanes) is 6. The van der Waals surface area contributed by atoms with Crippen molar-refractivity contribution in [1.29, 1.82) is 0 Å². The van der Waals surface area contributed by atoms with E-state index in [0.717, 1.165) is 43.2 Å². The van der Waals surface area contributed by atoms with Gasteiger partial charge >= 0.3 is 0 Å². The number of hydrogen-bond donors (Lipinski definition) is 0. The molecule has 4 rings (SSSR count). The van der Waals surface area contributed by atoms with Crippen LogP contribution in [0.25, 0.3) is 11.8 Å². The van der Waals surface area contributed by atoms with Crippen LogP contribution in [0.3, 0.4) is 0 Å². The summed E-state index contributed by atoms with van der Waals surface area (Å²) in [6.45, 7) is 5.58. The summed E-state index contributed by atoms with van der Waals surface area (Å²) >= 11 is 0. The number of benzene rings is 2. The minimum atomic E-state index is -0.162. The molecule has 0 bridgehead atoms. The van der Waals surface area contributed by atoms with Crippen LogP contribution >= 0.6 is 0 Å². The molecule has 2 aromatic carbocycles. The normalized spacial score (nSPS) is 16.4. The number of rotatable bonds is 12. The van der Waals surface area contributed by atoms with Crippen molar-refractivity contribution in [2.75, 3.05) is 13.2 Å². The van der Waals surface area contributed by atoms with Gasteiger partial charge in [-0.05, 0) is 37.1 Å². The van der Waals surface area contributed by atoms with Gasteiger partial charge in [0.2, 0.25) is 0 Å². The fourth-order valence-corrected chi connectivity index (χ4v) is 4.70. The van der Waals surface area contributed by atoms with E-state index >= 15 is 0 Å². The molecule has 0 unspecified atom stereocenters. The van der Waals surface area contributed by atoms with Crippen molar-refractivity contribution in [2.24, 2.45) is 0 Å². The number of ether oxygens (including phenoxy) is 2. The molecule has 2 aromatic rings. The van der Waals surface area contributed by atoms with E-state index in [2.05, 4.69) is 13.8 Å². The Morgan fingerprint density at radius 2 is 1.25 bits per heavy atom. The van der Waals surface area contributed by atoms with Gasteiger partial charge in [-0.1, -0.05) is 88.8 Å². The zero-order chi connectivity index (χ0) is 25.3. The van der Waals surface area contributed by atoms with Crippen molar-refractivity contribution >= 4 is 23.4 Å². The van der Waals surface area contributed by atoms with Crippen LogP contribution in [-0.4, -0.2) is 24.8 Å². The maximum atomic E-state index is 13.6. The molecule has 0 fully saturated rings. The Labute approximate surface area is 214 Å². The van der Waals surface area contributed by atoms with Crippen molar-refractivity contribution < 1.29 is 19.1 Å². The molecule has 0 aromatic heterocycles. The van der Waals surface area contributed by atoms with Crippen LogP contribution in [0.15, 0.2) is 65.8 Å². The Morgan fingerprint density at radius 1 is 0.611 bits per heavy atom. The predicted molar refractivity (Wildman–Crippen MR) is 145 cm³/mol. The molecule has 0 aliphatic heterocycles. The SMILES string of the molecule is CCCCCCOC1=CC(=C2C=Cc3c(OCCCCCC)cccc3C2=O)C(=O)c2ccccc21. The highest BCUT2D eigenvalue weighted by atomic mass is 16.5. The number of carbonyl (C=O) groups excluding carboxylic acids is 2. The van der Waals surface area contributed by atoms with Crippen LogP contribution in [-0.2, 0) is 4.74 Å². The molecule has 2 aliphatic carbocycles. The largest absolute Gasteiger partial charge is 0.493 e. The van der Waals surface area contributed by atoms with Crippen LogP contribution in [0.2, 0.25) is 0 Å². The van der Waals surface area contributed by atoms with Gasteiger partial charge in [-0.3, -0.25) is 9.59 Å². The Morgan fingerprint density at radius 3 is 1.97 bits per heavy atom. The molecular formula is C32H36O4. The Balaban J connectivity index is 1.62. The summed E-state index contributed by atoms with van der Waals surface area (Å²) in [5.74, 6) is 1.05. The third-order valence-electron chi connectivity index (χ3n) is 6.73. The first-order chi connectivity index (χ1) is 17.7. The fraction of sp³-hybridized carbons (Fsp3) is 0.375. The van der Waals surface area contributed by atoms with Crippen molar-refractivity contribution in [1.82, 2.24) is 0 Å². The van der Waals surface area contributed by atoms with E-state index in [1.54, 1.807) is 18.2 Å². The van der Waals surface area contributed by atoms with E-state index in [0.29, 0.717) is 47.0 Å². The van der Waals surface area contributed by atoms with E-state index < -0.39 is 0 Å². The lowest BCUT2D eigenvalue weighted by Gasteiger charge is -2.22. The molecule has 2 aliphatic rings. The third-order valence-corrected chi connectivity index (χ3v) is 6.73. The van der Waals surface area contributed by atoms with Crippen LogP contribution in [0, 0.1) is 0 Å². The minimum Gasteiger partial charge on any atom is -0.493 e. The lowest BCUT2D eigenvalue weighted by Crippen LogP contribution is -2.18. The van der Waals surface area contributed by atoms with E-state index in [4.69, 9.17) is 9.47 Å². The highest BCUT2D eigenvalue weighted by Gasteiger charge is 2.30. The molecule has 0 spiro atoms. The van der Waals surface area contributed by atoms with E-state index in [1.807, 2.05) is 42.5 Å². The third kappa shape index (κ3) is 5.70. The fourth-order valence-electron chi connectivity index (χ4n) is 4.70. The van der Waals surface area contributed by atoms with Crippen LogP contribution in [0.4, 0.5) is 0 Å². The second-order valence-corrected chi connectivity index (χ2v) is 9.41. The maximum absolute atomic E-state index is 13.6. The number of hydrogen-bond acceptors (Lipinski definition) is 4. The van der Waals surface area contributed by atoms with E-state index in [9.17, 15) is 9.59 Å². The van der Waals surface area contributed by atoms with Gasteiger partial charge in [0, 0.05) is 33.4 Å². The molecule has 0 saturated heterocycles. The summed E-state index contributed by atoms with van der Waals surface area (Å²) in [5, 5.41) is 0. The van der Waals surface area contributed by atoms with Crippen molar-refractivity contribution in [2.45, 2.75) is 65.2 Å². The summed E-state index contributed by atoms with van der Waals surface area (Å²) < 4.78 is 12.2. The molecule has 4 heteroatoms. The topological polar surface area (TPSA) is 52.6 Å². The zero-order valence-electron chi connectivity index (χ0n) is 21.5. The number of ketones is 2. The molecule has 0 saturated carbocycles. The Hall–Kier alpha value is -3.40. The highest BCUT2D eigenvalue weighted by Crippen LogP contribution is 2.36. The van der Waals surface area contributed by atoms with Gasteiger partial charge in [0.15, 0.2) is 11.6 Å². The van der Waals surface area contributed by atoms with Gasteiger partial charge in [-0.25, -0.2) is 0 Å². The Bertz CT molecular complexity index is 1200. The second kappa shape index (κ2) is 12.5. The molecular weight excluding hydrogens is 448 g/mol. The van der Waals surface area contributed by atoms with E-state index in [-0.39, 0.29) is 11.6 Å². The molecule has 188 valence electrons. The summed E-state index contributed by atoms with van der Waals surface area (Å²) in [6, 6.07) is 13.0. The van der Waals surface area contributed by atoms with Crippen molar-refractivity contribution in [3.8, 4) is 5.75 Å². The average molecular weight is 485 g/mol. The van der Waals surface area contributed by atoms with Gasteiger partial charge in [0.25, 0.3) is 0 Å². The number of carbonyl (C=O) groups is 2. The highest BCUT2D eigenvalue weighted by molar-refractivity contribution is 6.25. The molecule has 0 radical (unpaired) electrons. The first-order valence-electron chi connectivity index (χ1n) is 13.4. The number of Topliss-reactive ketones (excluding diaryl/α,β-unsaturated/α-hetero) is 2. The van der Waals surface area contributed by atoms with Gasteiger partial charge in [0.05, 0.1) is 13.2 Å². The summed E-state index contributed by atoms with van der Waals surface area (Å²) in [4.78, 5) is 27.1. The standard InChI is InChI=1S/C32H36O4/c1-3-5-7-11-20-35-29-17-13-16-26-24(29)18-19-27(31(26)33)28-22-30(36-21-12-8-6-4-2)23-14-9-10-15-25(23)32(28)34/h9-10,13-19,22H,3-8,11-12,20-21H2,1-2H3. The summed E-state index contributed by atoms with van der Waals surface area (Å²) in [5.41, 5.74) is 3.48. The minimum absolute atomic E-state index is 0.149. The Kier molecular flexibility index (Phi) is 8.94. The van der Waals surface area contributed by atoms with Gasteiger partial charge in [-0.2, -0.15) is 0 Å². The van der Waals surface area contributed by atoms with Gasteiger partial charge < -0.3 is 9.47 Å². The first-order valence-corrected chi connectivity index (χ1v) is 13.4. The van der Waals surface area contributed by atoms with Crippen molar-refractivity contribution in [3.63, 3.8) is 0 Å². The summed E-state index contributed by atoms with van der Waals surface area (Å²) in [6.07, 6.45) is 14.3. The smallest absolute Gasteiger partial charge is 0.194 e. The molecule has 4 nitrogen and oxygen atoms in total. The van der Waals surface area contributed by atoms with Crippen LogP contribution in [0.5, 0.6) is 5.75 Å². The first kappa shape index (κ1) is 25.7. The molecule has 0 atom stereocenters.